The Morgan fingerprint density at radius 2 is 2.00 bits per heavy atom. The number of amides is 1. The molecule has 2 aromatic heterocycles. The fourth-order valence-electron chi connectivity index (χ4n) is 2.48. The summed E-state index contributed by atoms with van der Waals surface area (Å²) in [5.74, 6) is 0.132. The Morgan fingerprint density at radius 3 is 2.64 bits per heavy atom. The number of hydrogen-bond donors (Lipinski definition) is 2. The van der Waals surface area contributed by atoms with E-state index < -0.39 is 5.97 Å². The number of aromatic nitrogens is 3. The molecular weight excluding hydrogens is 396 g/mol. The fraction of sp³-hybridized carbons (Fsp3) is 0.263. The Labute approximate surface area is 170 Å². The first-order valence-electron chi connectivity index (χ1n) is 8.65. The number of thioether (sulfide) groups is 1. The highest BCUT2D eigenvalue weighted by atomic mass is 32.2. The number of anilines is 1. The smallest absolute Gasteiger partial charge is 0.341 e. The van der Waals surface area contributed by atoms with Gasteiger partial charge in [-0.2, -0.15) is 0 Å². The molecule has 0 bridgehead atoms. The summed E-state index contributed by atoms with van der Waals surface area (Å²) in [5, 5.41) is 12.4. The Morgan fingerprint density at radius 1 is 1.25 bits per heavy atom. The van der Waals surface area contributed by atoms with Crippen molar-refractivity contribution in [1.29, 1.82) is 0 Å². The molecule has 0 saturated heterocycles. The molecule has 28 heavy (non-hydrogen) atoms. The average molecular weight is 417 g/mol. The SMILES string of the molecule is CCOC(=O)c1c(-c2ccc(C)cc2)csc1NC(=O)CSc1n[nH]c(C)n1. The van der Waals surface area contributed by atoms with E-state index in [2.05, 4.69) is 20.5 Å². The van der Waals surface area contributed by atoms with Crippen LogP contribution in [0.2, 0.25) is 0 Å². The van der Waals surface area contributed by atoms with Gasteiger partial charge >= 0.3 is 5.97 Å². The number of ether oxygens (including phenoxy) is 1. The fourth-order valence-corrected chi connectivity index (χ4v) is 4.10. The van der Waals surface area contributed by atoms with Crippen molar-refractivity contribution in [3.63, 3.8) is 0 Å². The summed E-state index contributed by atoms with van der Waals surface area (Å²) < 4.78 is 5.21. The molecule has 0 aliphatic carbocycles. The van der Waals surface area contributed by atoms with Crippen molar-refractivity contribution in [3.8, 4) is 11.1 Å². The number of esters is 1. The van der Waals surface area contributed by atoms with Crippen LogP contribution < -0.4 is 5.32 Å². The lowest BCUT2D eigenvalue weighted by Gasteiger charge is -2.09. The van der Waals surface area contributed by atoms with E-state index in [-0.39, 0.29) is 18.3 Å². The van der Waals surface area contributed by atoms with Crippen LogP contribution in [0.25, 0.3) is 11.1 Å². The third-order valence-electron chi connectivity index (χ3n) is 3.80. The van der Waals surface area contributed by atoms with Crippen LogP contribution in [-0.2, 0) is 9.53 Å². The first-order chi connectivity index (χ1) is 13.5. The molecule has 3 aromatic rings. The van der Waals surface area contributed by atoms with E-state index in [1.54, 1.807) is 13.8 Å². The molecule has 3 rings (SSSR count). The number of carbonyl (C=O) groups excluding carboxylic acids is 2. The first kappa shape index (κ1) is 20.1. The first-order valence-corrected chi connectivity index (χ1v) is 10.5. The third-order valence-corrected chi connectivity index (χ3v) is 5.54. The summed E-state index contributed by atoms with van der Waals surface area (Å²) in [7, 11) is 0. The van der Waals surface area contributed by atoms with E-state index in [1.165, 1.54) is 23.1 Å². The molecule has 0 aliphatic rings. The second kappa shape index (κ2) is 9.03. The Bertz CT molecular complexity index is 979. The molecule has 0 atom stereocenters. The minimum atomic E-state index is -0.452. The van der Waals surface area contributed by atoms with Gasteiger partial charge in [0.15, 0.2) is 0 Å². The summed E-state index contributed by atoms with van der Waals surface area (Å²) in [6.45, 7) is 5.81. The lowest BCUT2D eigenvalue weighted by molar-refractivity contribution is -0.113. The molecule has 0 aliphatic heterocycles. The summed E-state index contributed by atoms with van der Waals surface area (Å²) in [6.07, 6.45) is 0. The van der Waals surface area contributed by atoms with Gasteiger partial charge in [-0.25, -0.2) is 9.78 Å². The van der Waals surface area contributed by atoms with Crippen molar-refractivity contribution >= 4 is 40.0 Å². The molecule has 1 aromatic carbocycles. The Balaban J connectivity index is 1.80. The highest BCUT2D eigenvalue weighted by Crippen LogP contribution is 2.36. The minimum Gasteiger partial charge on any atom is -0.462 e. The quantitative estimate of drug-likeness (QED) is 0.445. The lowest BCUT2D eigenvalue weighted by atomic mass is 10.0. The molecule has 2 N–H and O–H groups in total. The average Bonchev–Trinajstić information content (AvgIpc) is 3.27. The molecule has 0 fully saturated rings. The van der Waals surface area contributed by atoms with E-state index in [0.29, 0.717) is 21.5 Å². The standard InChI is InChI=1S/C19H20N4O3S2/c1-4-26-18(25)16-14(13-7-5-11(2)6-8-13)9-27-17(16)21-15(24)10-28-19-20-12(3)22-23-19/h5-9H,4,10H2,1-3H3,(H,21,24)(H,20,22,23). The summed E-state index contributed by atoms with van der Waals surface area (Å²) in [5.41, 5.74) is 3.15. The number of nitrogens with one attached hydrogen (secondary N) is 2. The molecule has 9 heteroatoms. The highest BCUT2D eigenvalue weighted by molar-refractivity contribution is 7.99. The van der Waals surface area contributed by atoms with Gasteiger partial charge < -0.3 is 10.1 Å². The highest BCUT2D eigenvalue weighted by Gasteiger charge is 2.23. The number of carbonyl (C=O) groups is 2. The van der Waals surface area contributed by atoms with Gasteiger partial charge in [0.25, 0.3) is 0 Å². The molecule has 0 spiro atoms. The maximum atomic E-state index is 12.6. The van der Waals surface area contributed by atoms with Gasteiger partial charge in [0.1, 0.15) is 16.4 Å². The van der Waals surface area contributed by atoms with Gasteiger partial charge in [0, 0.05) is 10.9 Å². The lowest BCUT2D eigenvalue weighted by Crippen LogP contribution is -2.16. The van der Waals surface area contributed by atoms with Gasteiger partial charge in [0.05, 0.1) is 12.4 Å². The predicted octanol–water partition coefficient (Wildman–Crippen LogP) is 4.06. The molecule has 1 amide bonds. The summed E-state index contributed by atoms with van der Waals surface area (Å²) in [6, 6.07) is 7.87. The Kier molecular flexibility index (Phi) is 6.48. The molecule has 0 unspecified atom stereocenters. The molecule has 7 nitrogen and oxygen atoms in total. The van der Waals surface area contributed by atoms with Gasteiger partial charge in [-0.05, 0) is 26.3 Å². The van der Waals surface area contributed by atoms with Gasteiger partial charge in [-0.3, -0.25) is 9.89 Å². The number of benzene rings is 1. The number of nitrogens with zero attached hydrogens (tertiary/aromatic N) is 2. The normalized spacial score (nSPS) is 10.7. The monoisotopic (exact) mass is 416 g/mol. The van der Waals surface area contributed by atoms with Gasteiger partial charge in [0.2, 0.25) is 11.1 Å². The maximum absolute atomic E-state index is 12.6. The third kappa shape index (κ3) is 4.79. The number of rotatable bonds is 7. The summed E-state index contributed by atoms with van der Waals surface area (Å²) in [4.78, 5) is 29.1. The second-order valence-electron chi connectivity index (χ2n) is 5.98. The largest absolute Gasteiger partial charge is 0.462 e. The molecular formula is C19H20N4O3S2. The molecule has 2 heterocycles. The van der Waals surface area contributed by atoms with E-state index in [9.17, 15) is 9.59 Å². The topological polar surface area (TPSA) is 97.0 Å². The van der Waals surface area contributed by atoms with Gasteiger partial charge in [-0.15, -0.1) is 16.4 Å². The number of hydrogen-bond acceptors (Lipinski definition) is 7. The van der Waals surface area contributed by atoms with Gasteiger partial charge in [-0.1, -0.05) is 41.6 Å². The zero-order chi connectivity index (χ0) is 20.1. The molecule has 0 radical (unpaired) electrons. The van der Waals surface area contributed by atoms with Crippen LogP contribution in [0.4, 0.5) is 5.00 Å². The molecule has 146 valence electrons. The van der Waals surface area contributed by atoms with E-state index >= 15 is 0 Å². The van der Waals surface area contributed by atoms with Crippen LogP contribution in [0, 0.1) is 13.8 Å². The van der Waals surface area contributed by atoms with Crippen molar-refractivity contribution in [1.82, 2.24) is 15.2 Å². The van der Waals surface area contributed by atoms with Crippen LogP contribution >= 0.6 is 23.1 Å². The van der Waals surface area contributed by atoms with Crippen LogP contribution in [0.1, 0.15) is 28.7 Å². The van der Waals surface area contributed by atoms with Crippen molar-refractivity contribution < 1.29 is 14.3 Å². The predicted molar refractivity (Wildman–Crippen MR) is 111 cm³/mol. The Hall–Kier alpha value is -2.65. The van der Waals surface area contributed by atoms with Crippen molar-refractivity contribution in [3.05, 3.63) is 46.6 Å². The number of H-pyrrole nitrogens is 1. The number of thiophene rings is 1. The van der Waals surface area contributed by atoms with Crippen LogP contribution in [-0.4, -0.2) is 39.4 Å². The van der Waals surface area contributed by atoms with E-state index in [1.807, 2.05) is 36.6 Å². The number of aryl methyl sites for hydroxylation is 2. The number of aromatic amines is 1. The minimum absolute atomic E-state index is 0.136. The molecule has 0 saturated carbocycles. The zero-order valence-electron chi connectivity index (χ0n) is 15.7. The van der Waals surface area contributed by atoms with Crippen molar-refractivity contribution in [2.45, 2.75) is 25.9 Å². The summed E-state index contributed by atoms with van der Waals surface area (Å²) >= 11 is 2.52. The zero-order valence-corrected chi connectivity index (χ0v) is 17.4. The van der Waals surface area contributed by atoms with Crippen molar-refractivity contribution in [2.24, 2.45) is 0 Å². The van der Waals surface area contributed by atoms with Crippen LogP contribution in [0.3, 0.4) is 0 Å². The van der Waals surface area contributed by atoms with Crippen LogP contribution in [0.15, 0.2) is 34.8 Å². The van der Waals surface area contributed by atoms with E-state index in [4.69, 9.17) is 4.74 Å². The second-order valence-corrected chi connectivity index (χ2v) is 7.80. The van der Waals surface area contributed by atoms with Crippen LogP contribution in [0.5, 0.6) is 0 Å². The van der Waals surface area contributed by atoms with Crippen molar-refractivity contribution in [2.75, 3.05) is 17.7 Å². The maximum Gasteiger partial charge on any atom is 0.341 e. The van der Waals surface area contributed by atoms with E-state index in [0.717, 1.165) is 16.7 Å².